The number of carboxylic acids is 1. The highest BCUT2D eigenvalue weighted by Gasteiger charge is 2.30. The van der Waals surface area contributed by atoms with Crippen LogP contribution in [0.1, 0.15) is 19.4 Å². The lowest BCUT2D eigenvalue weighted by Crippen LogP contribution is -2.44. The van der Waals surface area contributed by atoms with Gasteiger partial charge in [0.25, 0.3) is 5.89 Å². The third-order valence-electron chi connectivity index (χ3n) is 6.11. The van der Waals surface area contributed by atoms with Crippen LogP contribution in [0.15, 0.2) is 74.5 Å². The summed E-state index contributed by atoms with van der Waals surface area (Å²) in [6, 6.07) is 12.3. The number of hydrogen-bond donors (Lipinski definition) is 2. The highest BCUT2D eigenvalue weighted by molar-refractivity contribution is 7.89. The van der Waals surface area contributed by atoms with E-state index in [1.165, 1.54) is 24.3 Å². The zero-order valence-electron chi connectivity index (χ0n) is 20.4. The van der Waals surface area contributed by atoms with Gasteiger partial charge < -0.3 is 14.0 Å². The summed E-state index contributed by atoms with van der Waals surface area (Å²) in [5.74, 6) is -1.53. The fraction of sp³-hybridized carbons (Fsp3) is 0.192. The maximum absolute atomic E-state index is 12.8. The first-order chi connectivity index (χ1) is 18.3. The SMILES string of the molecule is CC(C)[C@H](NS(=O)(=O)c1ccc2c(c1)oc1ccc(-c3noc(-c4ccc(C(F)(F)F)cc4)n3)cc12)C(=O)O. The minimum Gasteiger partial charge on any atom is -0.480 e. The summed E-state index contributed by atoms with van der Waals surface area (Å²) in [6.07, 6.45) is -4.46. The second-order valence-electron chi connectivity index (χ2n) is 9.15. The first kappa shape index (κ1) is 26.4. The van der Waals surface area contributed by atoms with Gasteiger partial charge in [0.1, 0.15) is 17.2 Å². The maximum Gasteiger partial charge on any atom is 0.416 e. The van der Waals surface area contributed by atoms with Crippen LogP contribution >= 0.6 is 0 Å². The Hall–Kier alpha value is -4.23. The standard InChI is InChI=1S/C26H20F3N3O6S/c1-13(2)22(25(33)34)32-39(35,36)17-8-9-18-19-11-15(5-10-20(19)37-21(18)12-17)23-30-24(38-31-23)14-3-6-16(7-4-14)26(27,28)29/h3-13,22,32H,1-2H3,(H,33,34)/t22-/m0/s1. The van der Waals surface area contributed by atoms with Crippen LogP contribution in [0.4, 0.5) is 13.2 Å². The highest BCUT2D eigenvalue weighted by Crippen LogP contribution is 2.34. The molecule has 2 N–H and O–H groups in total. The van der Waals surface area contributed by atoms with E-state index in [1.54, 1.807) is 38.1 Å². The predicted molar refractivity (Wildman–Crippen MR) is 134 cm³/mol. The van der Waals surface area contributed by atoms with Gasteiger partial charge in [-0.3, -0.25) is 4.79 Å². The number of fused-ring (bicyclic) bond motifs is 3. The van der Waals surface area contributed by atoms with Crippen LogP contribution in [-0.4, -0.2) is 35.7 Å². The van der Waals surface area contributed by atoms with Crippen LogP contribution in [0.5, 0.6) is 0 Å². The van der Waals surface area contributed by atoms with Crippen molar-refractivity contribution in [1.29, 1.82) is 0 Å². The molecule has 202 valence electrons. The summed E-state index contributed by atoms with van der Waals surface area (Å²) in [5.41, 5.74) is 0.776. The van der Waals surface area contributed by atoms with Crippen molar-refractivity contribution in [2.75, 3.05) is 0 Å². The number of carbonyl (C=O) groups is 1. The number of nitrogens with zero attached hydrogens (tertiary/aromatic N) is 2. The molecule has 0 radical (unpaired) electrons. The number of hydrogen-bond acceptors (Lipinski definition) is 7. The van der Waals surface area contributed by atoms with E-state index >= 15 is 0 Å². The molecule has 0 aliphatic carbocycles. The summed E-state index contributed by atoms with van der Waals surface area (Å²) in [4.78, 5) is 15.6. The monoisotopic (exact) mass is 559 g/mol. The van der Waals surface area contributed by atoms with Crippen LogP contribution in [0.2, 0.25) is 0 Å². The summed E-state index contributed by atoms with van der Waals surface area (Å²) in [7, 11) is -4.15. The molecule has 9 nitrogen and oxygen atoms in total. The Morgan fingerprint density at radius 1 is 0.949 bits per heavy atom. The van der Waals surface area contributed by atoms with Gasteiger partial charge in [0.2, 0.25) is 15.8 Å². The molecular formula is C26H20F3N3O6S. The van der Waals surface area contributed by atoms with Crippen molar-refractivity contribution in [2.24, 2.45) is 5.92 Å². The minimum atomic E-state index is -4.46. The minimum absolute atomic E-state index is 0.0410. The third-order valence-corrected chi connectivity index (χ3v) is 7.55. The second-order valence-corrected chi connectivity index (χ2v) is 10.9. The van der Waals surface area contributed by atoms with Gasteiger partial charge in [-0.1, -0.05) is 19.0 Å². The van der Waals surface area contributed by atoms with E-state index in [0.29, 0.717) is 27.5 Å². The van der Waals surface area contributed by atoms with Crippen LogP contribution in [0, 0.1) is 5.92 Å². The average Bonchev–Trinajstić information content (AvgIpc) is 3.51. The Labute approximate surface area is 219 Å². The fourth-order valence-electron chi connectivity index (χ4n) is 4.03. The van der Waals surface area contributed by atoms with Crippen molar-refractivity contribution < 1.29 is 40.4 Å². The summed E-state index contributed by atoms with van der Waals surface area (Å²) in [5, 5.41) is 14.5. The van der Waals surface area contributed by atoms with E-state index in [0.717, 1.165) is 12.1 Å². The third kappa shape index (κ3) is 5.10. The summed E-state index contributed by atoms with van der Waals surface area (Å²) >= 11 is 0. The number of alkyl halides is 3. The number of benzene rings is 3. The molecule has 13 heteroatoms. The smallest absolute Gasteiger partial charge is 0.416 e. The van der Waals surface area contributed by atoms with Crippen molar-refractivity contribution in [2.45, 2.75) is 31.0 Å². The van der Waals surface area contributed by atoms with Gasteiger partial charge in [0, 0.05) is 28.0 Å². The molecule has 5 aromatic rings. The van der Waals surface area contributed by atoms with Gasteiger partial charge in [-0.25, -0.2) is 8.42 Å². The normalized spacial score (nSPS) is 13.4. The molecule has 5 rings (SSSR count). The Kier molecular flexibility index (Phi) is 6.43. The van der Waals surface area contributed by atoms with Gasteiger partial charge in [-0.2, -0.15) is 22.9 Å². The molecule has 1 atom stereocenters. The molecule has 0 spiro atoms. The van der Waals surface area contributed by atoms with Gasteiger partial charge in [-0.15, -0.1) is 0 Å². The molecule has 0 aliphatic heterocycles. The van der Waals surface area contributed by atoms with E-state index in [1.807, 2.05) is 0 Å². The number of sulfonamides is 1. The first-order valence-electron chi connectivity index (χ1n) is 11.6. The van der Waals surface area contributed by atoms with E-state index < -0.39 is 39.7 Å². The van der Waals surface area contributed by atoms with Crippen molar-refractivity contribution in [1.82, 2.24) is 14.9 Å². The van der Waals surface area contributed by atoms with Gasteiger partial charge >= 0.3 is 12.1 Å². The van der Waals surface area contributed by atoms with Crippen molar-refractivity contribution >= 4 is 37.9 Å². The van der Waals surface area contributed by atoms with Gasteiger partial charge in [0.05, 0.1) is 10.5 Å². The molecule has 0 amide bonds. The Balaban J connectivity index is 1.46. The molecule has 2 aromatic heterocycles. The molecule has 39 heavy (non-hydrogen) atoms. The van der Waals surface area contributed by atoms with Crippen molar-refractivity contribution in [3.63, 3.8) is 0 Å². The molecule has 3 aromatic carbocycles. The van der Waals surface area contributed by atoms with E-state index in [2.05, 4.69) is 14.9 Å². The van der Waals surface area contributed by atoms with Gasteiger partial charge in [-0.05, 0) is 60.5 Å². The zero-order chi connectivity index (χ0) is 28.1. The summed E-state index contributed by atoms with van der Waals surface area (Å²) < 4.78 is 77.5. The second kappa shape index (κ2) is 9.50. The number of nitrogens with one attached hydrogen (secondary N) is 1. The number of rotatable bonds is 7. The average molecular weight is 560 g/mol. The molecule has 0 fully saturated rings. The predicted octanol–water partition coefficient (Wildman–Crippen LogP) is 5.71. The van der Waals surface area contributed by atoms with E-state index in [4.69, 9.17) is 8.94 Å². The molecule has 0 saturated heterocycles. The van der Waals surface area contributed by atoms with Crippen molar-refractivity contribution in [3.8, 4) is 22.8 Å². The fourth-order valence-corrected chi connectivity index (χ4v) is 5.38. The largest absolute Gasteiger partial charge is 0.480 e. The van der Waals surface area contributed by atoms with E-state index in [-0.39, 0.29) is 22.2 Å². The first-order valence-corrected chi connectivity index (χ1v) is 13.0. The molecular weight excluding hydrogens is 539 g/mol. The van der Waals surface area contributed by atoms with Crippen LogP contribution < -0.4 is 4.72 Å². The molecule has 2 heterocycles. The lowest BCUT2D eigenvalue weighted by Gasteiger charge is -2.17. The number of furan rings is 1. The maximum atomic E-state index is 12.8. The Morgan fingerprint density at radius 2 is 1.64 bits per heavy atom. The van der Waals surface area contributed by atoms with Crippen molar-refractivity contribution in [3.05, 3.63) is 66.2 Å². The number of halogens is 3. The molecule has 0 bridgehead atoms. The van der Waals surface area contributed by atoms with Crippen LogP contribution in [0.25, 0.3) is 44.8 Å². The molecule has 0 unspecified atom stereocenters. The quantitative estimate of drug-likeness (QED) is 0.259. The lowest BCUT2D eigenvalue weighted by atomic mass is 10.1. The zero-order valence-corrected chi connectivity index (χ0v) is 21.2. The topological polar surface area (TPSA) is 136 Å². The molecule has 0 aliphatic rings. The highest BCUT2D eigenvalue weighted by atomic mass is 32.2. The Morgan fingerprint density at radius 3 is 2.28 bits per heavy atom. The van der Waals surface area contributed by atoms with Crippen LogP contribution in [0.3, 0.4) is 0 Å². The summed E-state index contributed by atoms with van der Waals surface area (Å²) in [6.45, 7) is 3.19. The number of aromatic nitrogens is 2. The number of carboxylic acid groups (broad SMARTS) is 1. The lowest BCUT2D eigenvalue weighted by molar-refractivity contribution is -0.140. The Bertz CT molecular complexity index is 1810. The van der Waals surface area contributed by atoms with E-state index in [9.17, 15) is 31.5 Å². The van der Waals surface area contributed by atoms with Crippen LogP contribution in [-0.2, 0) is 21.0 Å². The molecule has 0 saturated carbocycles. The number of aliphatic carboxylic acids is 1. The van der Waals surface area contributed by atoms with Gasteiger partial charge in [0.15, 0.2) is 0 Å².